The van der Waals surface area contributed by atoms with Crippen LogP contribution < -0.4 is 9.47 Å². The molecule has 114 valence electrons. The van der Waals surface area contributed by atoms with Crippen LogP contribution in [-0.2, 0) is 6.54 Å². The Labute approximate surface area is 132 Å². The summed E-state index contributed by atoms with van der Waals surface area (Å²) in [5.41, 5.74) is 1.36. The Morgan fingerprint density at radius 1 is 1.33 bits per heavy atom. The second-order valence-corrected chi connectivity index (χ2v) is 5.47. The lowest BCUT2D eigenvalue weighted by atomic mass is 10.0. The summed E-state index contributed by atoms with van der Waals surface area (Å²) >= 11 is 3.45. The van der Waals surface area contributed by atoms with Crippen LogP contribution in [0.3, 0.4) is 0 Å². The van der Waals surface area contributed by atoms with E-state index in [9.17, 15) is 5.11 Å². The molecule has 1 aromatic heterocycles. The van der Waals surface area contributed by atoms with E-state index in [1.807, 2.05) is 0 Å². The van der Waals surface area contributed by atoms with E-state index in [2.05, 4.69) is 28.0 Å². The zero-order valence-corrected chi connectivity index (χ0v) is 13.9. The largest absolute Gasteiger partial charge is 0.497 e. The van der Waals surface area contributed by atoms with Gasteiger partial charge in [0, 0.05) is 12.1 Å². The highest BCUT2D eigenvalue weighted by atomic mass is 79.9. The predicted octanol–water partition coefficient (Wildman–Crippen LogP) is 3.15. The lowest BCUT2D eigenvalue weighted by Crippen LogP contribution is -2.11. The van der Waals surface area contributed by atoms with Gasteiger partial charge in [-0.1, -0.05) is 6.92 Å². The number of aliphatic hydroxyl groups is 1. The summed E-state index contributed by atoms with van der Waals surface area (Å²) in [6.07, 6.45) is 1.78. The summed E-state index contributed by atoms with van der Waals surface area (Å²) in [5.74, 6) is 1.28. The Hall–Kier alpha value is -1.53. The average molecular weight is 355 g/mol. The summed E-state index contributed by atoms with van der Waals surface area (Å²) in [5, 5.41) is 15.1. The minimum absolute atomic E-state index is 0.611. The number of aryl methyl sites for hydroxylation is 1. The molecule has 0 radical (unpaired) electrons. The van der Waals surface area contributed by atoms with Gasteiger partial charge < -0.3 is 14.6 Å². The first-order valence-corrected chi connectivity index (χ1v) is 7.52. The number of benzene rings is 1. The number of aliphatic hydroxyl groups excluding tert-OH is 1. The van der Waals surface area contributed by atoms with E-state index in [0.717, 1.165) is 17.4 Å². The quantitative estimate of drug-likeness (QED) is 0.865. The van der Waals surface area contributed by atoms with Crippen LogP contribution in [0.5, 0.6) is 11.5 Å². The fourth-order valence-electron chi connectivity index (χ4n) is 2.23. The van der Waals surface area contributed by atoms with E-state index in [1.165, 1.54) is 0 Å². The van der Waals surface area contributed by atoms with Gasteiger partial charge in [0.2, 0.25) is 0 Å². The molecule has 21 heavy (non-hydrogen) atoms. The van der Waals surface area contributed by atoms with Gasteiger partial charge in [-0.3, -0.25) is 4.68 Å². The number of halogens is 1. The molecular weight excluding hydrogens is 336 g/mol. The van der Waals surface area contributed by atoms with Crippen molar-refractivity contribution in [2.24, 2.45) is 0 Å². The summed E-state index contributed by atoms with van der Waals surface area (Å²) in [6, 6.07) is 5.36. The summed E-state index contributed by atoms with van der Waals surface area (Å²) in [4.78, 5) is 0. The zero-order valence-electron chi connectivity index (χ0n) is 12.3. The predicted molar refractivity (Wildman–Crippen MR) is 83.8 cm³/mol. The second kappa shape index (κ2) is 6.95. The summed E-state index contributed by atoms with van der Waals surface area (Å²) in [7, 11) is 3.17. The van der Waals surface area contributed by atoms with Crippen molar-refractivity contribution in [3.05, 3.63) is 40.1 Å². The van der Waals surface area contributed by atoms with E-state index in [0.29, 0.717) is 22.8 Å². The third-order valence-corrected chi connectivity index (χ3v) is 3.87. The Kier molecular flexibility index (Phi) is 5.25. The van der Waals surface area contributed by atoms with Crippen LogP contribution in [0.4, 0.5) is 0 Å². The van der Waals surface area contributed by atoms with Crippen molar-refractivity contribution in [2.45, 2.75) is 26.0 Å². The van der Waals surface area contributed by atoms with Crippen molar-refractivity contribution < 1.29 is 14.6 Å². The number of nitrogens with zero attached hydrogens (tertiary/aromatic N) is 2. The molecule has 0 saturated heterocycles. The first kappa shape index (κ1) is 15.9. The molecule has 2 aromatic rings. The normalized spacial score (nSPS) is 12.2. The second-order valence-electron chi connectivity index (χ2n) is 4.61. The maximum Gasteiger partial charge on any atom is 0.125 e. The molecule has 1 atom stereocenters. The van der Waals surface area contributed by atoms with Crippen molar-refractivity contribution in [1.82, 2.24) is 9.78 Å². The maximum absolute atomic E-state index is 10.8. The molecule has 0 fully saturated rings. The van der Waals surface area contributed by atoms with E-state index in [1.54, 1.807) is 43.3 Å². The van der Waals surface area contributed by atoms with Crippen LogP contribution in [0.1, 0.15) is 30.7 Å². The maximum atomic E-state index is 10.8. The fraction of sp³-hybridized carbons (Fsp3) is 0.400. The lowest BCUT2D eigenvalue weighted by Gasteiger charge is -2.18. The van der Waals surface area contributed by atoms with Gasteiger partial charge in [-0.05, 0) is 40.5 Å². The Balaban J connectivity index is 2.48. The van der Waals surface area contributed by atoms with Crippen molar-refractivity contribution in [3.63, 3.8) is 0 Å². The van der Waals surface area contributed by atoms with Gasteiger partial charge in [-0.15, -0.1) is 0 Å². The highest BCUT2D eigenvalue weighted by molar-refractivity contribution is 9.10. The first-order chi connectivity index (χ1) is 10.1. The van der Waals surface area contributed by atoms with Crippen molar-refractivity contribution in [3.8, 4) is 11.5 Å². The molecular formula is C15H19BrN2O3. The van der Waals surface area contributed by atoms with Crippen LogP contribution in [0, 0.1) is 0 Å². The zero-order chi connectivity index (χ0) is 15.4. The van der Waals surface area contributed by atoms with E-state index in [-0.39, 0.29) is 0 Å². The third-order valence-electron chi connectivity index (χ3n) is 3.26. The van der Waals surface area contributed by atoms with Crippen LogP contribution in [0.15, 0.2) is 28.9 Å². The van der Waals surface area contributed by atoms with Crippen molar-refractivity contribution in [2.75, 3.05) is 14.2 Å². The summed E-state index contributed by atoms with van der Waals surface area (Å²) in [6.45, 7) is 2.81. The smallest absolute Gasteiger partial charge is 0.125 e. The van der Waals surface area contributed by atoms with Gasteiger partial charge in [-0.2, -0.15) is 5.10 Å². The Morgan fingerprint density at radius 3 is 2.71 bits per heavy atom. The number of hydrogen-bond donors (Lipinski definition) is 1. The van der Waals surface area contributed by atoms with Gasteiger partial charge in [-0.25, -0.2) is 0 Å². The van der Waals surface area contributed by atoms with E-state index in [4.69, 9.17) is 9.47 Å². The van der Waals surface area contributed by atoms with Gasteiger partial charge in [0.15, 0.2) is 0 Å². The molecule has 2 rings (SSSR count). The standard InChI is InChI=1S/C15H19BrN2O3/c1-4-7-18-14(12(16)9-17-18)15(19)11-8-10(20-2)5-6-13(11)21-3/h5-6,8-9,15,19H,4,7H2,1-3H3. The average Bonchev–Trinajstić information content (AvgIpc) is 2.87. The monoisotopic (exact) mass is 354 g/mol. The highest BCUT2D eigenvalue weighted by Gasteiger charge is 2.23. The third kappa shape index (κ3) is 3.22. The van der Waals surface area contributed by atoms with Gasteiger partial charge in [0.25, 0.3) is 0 Å². The topological polar surface area (TPSA) is 56.5 Å². The lowest BCUT2D eigenvalue weighted by molar-refractivity contribution is 0.201. The molecule has 0 aliphatic carbocycles. The Bertz CT molecular complexity index is 613. The molecule has 0 spiro atoms. The molecule has 0 amide bonds. The Morgan fingerprint density at radius 2 is 2.10 bits per heavy atom. The number of rotatable bonds is 6. The first-order valence-electron chi connectivity index (χ1n) is 6.73. The van der Waals surface area contributed by atoms with Crippen molar-refractivity contribution >= 4 is 15.9 Å². The van der Waals surface area contributed by atoms with Crippen LogP contribution in [0.2, 0.25) is 0 Å². The number of hydrogen-bond acceptors (Lipinski definition) is 4. The van der Waals surface area contributed by atoms with Crippen LogP contribution >= 0.6 is 15.9 Å². The number of aromatic nitrogens is 2. The summed E-state index contributed by atoms with van der Waals surface area (Å²) < 4.78 is 13.1. The highest BCUT2D eigenvalue weighted by Crippen LogP contribution is 2.35. The van der Waals surface area contributed by atoms with Gasteiger partial charge in [0.05, 0.1) is 30.6 Å². The molecule has 0 aliphatic rings. The molecule has 6 heteroatoms. The molecule has 1 unspecified atom stereocenters. The van der Waals surface area contributed by atoms with E-state index < -0.39 is 6.10 Å². The number of methoxy groups -OCH3 is 2. The molecule has 0 saturated carbocycles. The molecule has 0 aliphatic heterocycles. The van der Waals surface area contributed by atoms with Gasteiger partial charge >= 0.3 is 0 Å². The SMILES string of the molecule is CCCn1ncc(Br)c1C(O)c1cc(OC)ccc1OC. The molecule has 1 aromatic carbocycles. The number of ether oxygens (including phenoxy) is 2. The molecule has 5 nitrogen and oxygen atoms in total. The van der Waals surface area contributed by atoms with Gasteiger partial charge in [0.1, 0.15) is 17.6 Å². The fourth-order valence-corrected chi connectivity index (χ4v) is 2.75. The minimum atomic E-state index is -0.849. The van der Waals surface area contributed by atoms with E-state index >= 15 is 0 Å². The van der Waals surface area contributed by atoms with Crippen molar-refractivity contribution in [1.29, 1.82) is 0 Å². The molecule has 1 heterocycles. The van der Waals surface area contributed by atoms with Crippen LogP contribution in [-0.4, -0.2) is 29.1 Å². The van der Waals surface area contributed by atoms with Crippen LogP contribution in [0.25, 0.3) is 0 Å². The molecule has 1 N–H and O–H groups in total. The minimum Gasteiger partial charge on any atom is -0.497 e. The molecule has 0 bridgehead atoms.